The molecule has 0 bridgehead atoms. The lowest BCUT2D eigenvalue weighted by molar-refractivity contribution is 0.0741. The van der Waals surface area contributed by atoms with E-state index in [-0.39, 0.29) is 5.91 Å². The Morgan fingerprint density at radius 1 is 1.16 bits per heavy atom. The van der Waals surface area contributed by atoms with E-state index in [1.54, 1.807) is 24.5 Å². The molecule has 0 spiro atoms. The van der Waals surface area contributed by atoms with E-state index < -0.39 is 0 Å². The number of aryl methyl sites for hydroxylation is 2. The molecule has 3 aromatic rings. The van der Waals surface area contributed by atoms with Gasteiger partial charge in [-0.25, -0.2) is 4.98 Å². The Morgan fingerprint density at radius 2 is 1.97 bits per heavy atom. The standard InChI is InChI=1S/C25H30N2O3S/c1-6-10-27(25(28)20-8-7-9-22(13-20)29-5)14-21-16-31-24(26-21)15-30-23-12-17(2)11-18(3)19(23)4/h7-9,11-13,16H,6,10,14-15H2,1-5H3. The Bertz CT molecular complexity index is 1040. The maximum atomic E-state index is 13.0. The first-order valence-corrected chi connectivity index (χ1v) is 11.4. The molecule has 1 heterocycles. The maximum Gasteiger partial charge on any atom is 0.254 e. The summed E-state index contributed by atoms with van der Waals surface area (Å²) in [4.78, 5) is 19.6. The number of hydrogen-bond acceptors (Lipinski definition) is 5. The minimum absolute atomic E-state index is 0.0163. The van der Waals surface area contributed by atoms with E-state index >= 15 is 0 Å². The van der Waals surface area contributed by atoms with E-state index in [1.165, 1.54) is 11.1 Å². The molecule has 0 aliphatic carbocycles. The highest BCUT2D eigenvalue weighted by molar-refractivity contribution is 7.09. The molecule has 5 nitrogen and oxygen atoms in total. The number of methoxy groups -OCH3 is 1. The third-order valence-electron chi connectivity index (χ3n) is 5.16. The lowest BCUT2D eigenvalue weighted by Gasteiger charge is -2.21. The van der Waals surface area contributed by atoms with Gasteiger partial charge in [0.25, 0.3) is 5.91 Å². The summed E-state index contributed by atoms with van der Waals surface area (Å²) in [6, 6.07) is 11.5. The zero-order chi connectivity index (χ0) is 22.4. The van der Waals surface area contributed by atoms with Crippen LogP contribution in [0.2, 0.25) is 0 Å². The molecule has 0 saturated carbocycles. The summed E-state index contributed by atoms with van der Waals surface area (Å²) >= 11 is 1.56. The summed E-state index contributed by atoms with van der Waals surface area (Å²) in [7, 11) is 1.60. The quantitative estimate of drug-likeness (QED) is 0.429. The van der Waals surface area contributed by atoms with Crippen molar-refractivity contribution in [2.75, 3.05) is 13.7 Å². The highest BCUT2D eigenvalue weighted by Crippen LogP contribution is 2.25. The van der Waals surface area contributed by atoms with Crippen molar-refractivity contribution in [1.29, 1.82) is 0 Å². The predicted molar refractivity (Wildman–Crippen MR) is 125 cm³/mol. The number of ether oxygens (including phenoxy) is 2. The van der Waals surface area contributed by atoms with Crippen LogP contribution in [0.3, 0.4) is 0 Å². The van der Waals surface area contributed by atoms with Gasteiger partial charge in [-0.15, -0.1) is 11.3 Å². The lowest BCUT2D eigenvalue weighted by Crippen LogP contribution is -2.31. The van der Waals surface area contributed by atoms with Crippen molar-refractivity contribution < 1.29 is 14.3 Å². The van der Waals surface area contributed by atoms with E-state index in [0.29, 0.717) is 31.0 Å². The molecule has 0 N–H and O–H groups in total. The topological polar surface area (TPSA) is 51.7 Å². The molecule has 0 atom stereocenters. The van der Waals surface area contributed by atoms with Gasteiger partial charge in [0.2, 0.25) is 0 Å². The fraction of sp³-hybridized carbons (Fsp3) is 0.360. The SMILES string of the molecule is CCCN(Cc1csc(COc2cc(C)cc(C)c2C)n1)C(=O)c1cccc(OC)c1. The normalized spacial score (nSPS) is 10.7. The molecule has 0 saturated heterocycles. The number of benzene rings is 2. The predicted octanol–water partition coefficient (Wildman–Crippen LogP) is 5.71. The summed E-state index contributed by atoms with van der Waals surface area (Å²) in [6.07, 6.45) is 0.877. The van der Waals surface area contributed by atoms with E-state index in [0.717, 1.165) is 28.4 Å². The molecular weight excluding hydrogens is 408 g/mol. The minimum atomic E-state index is -0.0163. The van der Waals surface area contributed by atoms with Crippen LogP contribution in [0.5, 0.6) is 11.5 Å². The zero-order valence-corrected chi connectivity index (χ0v) is 19.7. The van der Waals surface area contributed by atoms with Gasteiger partial charge >= 0.3 is 0 Å². The fourth-order valence-electron chi connectivity index (χ4n) is 3.43. The van der Waals surface area contributed by atoms with E-state index in [1.807, 2.05) is 28.5 Å². The Morgan fingerprint density at radius 3 is 2.71 bits per heavy atom. The number of thiazole rings is 1. The Kier molecular flexibility index (Phi) is 7.69. The average molecular weight is 439 g/mol. The third-order valence-corrected chi connectivity index (χ3v) is 6.04. The minimum Gasteiger partial charge on any atom is -0.497 e. The number of hydrogen-bond donors (Lipinski definition) is 0. The van der Waals surface area contributed by atoms with Crippen LogP contribution in [0.4, 0.5) is 0 Å². The second-order valence-electron chi connectivity index (χ2n) is 7.68. The van der Waals surface area contributed by atoms with Crippen LogP contribution in [0.25, 0.3) is 0 Å². The summed E-state index contributed by atoms with van der Waals surface area (Å²) < 4.78 is 11.3. The molecule has 0 fully saturated rings. The van der Waals surface area contributed by atoms with E-state index in [4.69, 9.17) is 14.5 Å². The van der Waals surface area contributed by atoms with Crippen LogP contribution in [-0.2, 0) is 13.2 Å². The van der Waals surface area contributed by atoms with Gasteiger partial charge in [-0.05, 0) is 68.1 Å². The molecule has 2 aromatic carbocycles. The van der Waals surface area contributed by atoms with Crippen LogP contribution in [0.1, 0.15) is 51.1 Å². The summed E-state index contributed by atoms with van der Waals surface area (Å²) in [5.41, 5.74) is 5.06. The molecule has 0 radical (unpaired) electrons. The highest BCUT2D eigenvalue weighted by atomic mass is 32.1. The zero-order valence-electron chi connectivity index (χ0n) is 18.9. The van der Waals surface area contributed by atoms with Crippen molar-refractivity contribution in [1.82, 2.24) is 9.88 Å². The van der Waals surface area contributed by atoms with Gasteiger partial charge in [0.15, 0.2) is 0 Å². The molecular formula is C25H30N2O3S. The van der Waals surface area contributed by atoms with Crippen molar-refractivity contribution in [2.45, 2.75) is 47.3 Å². The van der Waals surface area contributed by atoms with Gasteiger partial charge < -0.3 is 14.4 Å². The maximum absolute atomic E-state index is 13.0. The number of nitrogens with zero attached hydrogens (tertiary/aromatic N) is 2. The second kappa shape index (κ2) is 10.4. The van der Waals surface area contributed by atoms with Crippen molar-refractivity contribution in [2.24, 2.45) is 0 Å². The first kappa shape index (κ1) is 22.8. The number of carbonyl (C=O) groups excluding carboxylic acids is 1. The molecule has 1 amide bonds. The van der Waals surface area contributed by atoms with Gasteiger partial charge in [-0.2, -0.15) is 0 Å². The third kappa shape index (κ3) is 5.85. The van der Waals surface area contributed by atoms with Crippen LogP contribution in [0, 0.1) is 20.8 Å². The largest absolute Gasteiger partial charge is 0.497 e. The number of carbonyl (C=O) groups is 1. The van der Waals surface area contributed by atoms with Crippen molar-refractivity contribution >= 4 is 17.2 Å². The molecule has 0 aliphatic heterocycles. The number of rotatable bonds is 9. The molecule has 6 heteroatoms. The highest BCUT2D eigenvalue weighted by Gasteiger charge is 2.18. The van der Waals surface area contributed by atoms with Gasteiger partial charge in [0.1, 0.15) is 23.1 Å². The summed E-state index contributed by atoms with van der Waals surface area (Å²) in [5, 5.41) is 2.91. The van der Waals surface area contributed by atoms with Crippen LogP contribution in [-0.4, -0.2) is 29.4 Å². The molecule has 1 aromatic heterocycles. The van der Waals surface area contributed by atoms with Gasteiger partial charge in [0.05, 0.1) is 19.3 Å². The van der Waals surface area contributed by atoms with Crippen molar-refractivity contribution in [3.8, 4) is 11.5 Å². The van der Waals surface area contributed by atoms with E-state index in [9.17, 15) is 4.79 Å². The Hall–Kier alpha value is -2.86. The van der Waals surface area contributed by atoms with Gasteiger partial charge in [-0.3, -0.25) is 4.79 Å². The Balaban J connectivity index is 1.68. The van der Waals surface area contributed by atoms with E-state index in [2.05, 4.69) is 39.8 Å². The fourth-order valence-corrected chi connectivity index (χ4v) is 4.13. The molecule has 3 rings (SSSR count). The molecule has 0 unspecified atom stereocenters. The van der Waals surface area contributed by atoms with Crippen molar-refractivity contribution in [3.63, 3.8) is 0 Å². The molecule has 164 valence electrons. The summed E-state index contributed by atoms with van der Waals surface area (Å²) in [6.45, 7) is 9.87. The van der Waals surface area contributed by atoms with Crippen molar-refractivity contribution in [3.05, 3.63) is 74.7 Å². The number of aromatic nitrogens is 1. The lowest BCUT2D eigenvalue weighted by atomic mass is 10.1. The smallest absolute Gasteiger partial charge is 0.254 e. The van der Waals surface area contributed by atoms with Gasteiger partial charge in [0, 0.05) is 17.5 Å². The monoisotopic (exact) mass is 438 g/mol. The molecule has 0 aliphatic rings. The Labute approximate surface area is 188 Å². The average Bonchev–Trinajstić information content (AvgIpc) is 3.21. The van der Waals surface area contributed by atoms with Crippen LogP contribution < -0.4 is 9.47 Å². The number of amides is 1. The first-order chi connectivity index (χ1) is 14.9. The van der Waals surface area contributed by atoms with Gasteiger partial charge in [-0.1, -0.05) is 19.1 Å². The summed E-state index contributed by atoms with van der Waals surface area (Å²) in [5.74, 6) is 1.56. The van der Waals surface area contributed by atoms with Crippen LogP contribution >= 0.6 is 11.3 Å². The second-order valence-corrected chi connectivity index (χ2v) is 8.63. The molecule has 31 heavy (non-hydrogen) atoms. The van der Waals surface area contributed by atoms with Crippen LogP contribution in [0.15, 0.2) is 41.8 Å². The first-order valence-electron chi connectivity index (χ1n) is 10.5.